The number of carbonyl (C=O) groups is 11. The van der Waals surface area contributed by atoms with Crippen molar-refractivity contribution < 1.29 is 68.1 Å². The molecule has 70 heavy (non-hydrogen) atoms. The molecule has 0 heterocycles. The summed E-state index contributed by atoms with van der Waals surface area (Å²) in [5.74, 6) is -12.4. The van der Waals surface area contributed by atoms with Crippen molar-refractivity contribution in [2.45, 2.75) is 188 Å². The molecule has 0 spiro atoms. The van der Waals surface area contributed by atoms with Crippen molar-refractivity contribution in [3.05, 3.63) is 0 Å². The third-order valence-electron chi connectivity index (χ3n) is 11.1. The highest BCUT2D eigenvalue weighted by Crippen LogP contribution is 2.13. The average molecular weight is 1000 g/mol. The second kappa shape index (κ2) is 32.0. The maximum absolute atomic E-state index is 14.0. The van der Waals surface area contributed by atoms with Gasteiger partial charge in [-0.25, -0.2) is 4.79 Å². The summed E-state index contributed by atoms with van der Waals surface area (Å²) in [4.78, 5) is 144. The third-order valence-corrected chi connectivity index (χ3v) is 11.1. The van der Waals surface area contributed by atoms with Crippen LogP contribution in [0, 0.1) is 23.7 Å². The van der Waals surface area contributed by atoms with E-state index in [1.807, 2.05) is 13.8 Å². The van der Waals surface area contributed by atoms with Crippen LogP contribution in [0.3, 0.4) is 0 Å². The SMILES string of the molecule is CC[C@H](C)[C@H](NC(=O)[C@@H](NC(=O)[C@@H](N)CC(C)C)[C@@H](C)O)C(=O)N[C@@H](CC(N)=O)C(=O)N[C@@H](CCCCN)C(=O)N[C@H](C(=O)N[C@@H](CCC(=O)O)C(=O)N[C@@H](C)C(=O)N[C@@H](CC(C)C)C(=O)O)C(C)C. The van der Waals surface area contributed by atoms with Gasteiger partial charge in [-0.15, -0.1) is 0 Å². The normalized spacial score (nSPS) is 16.1. The lowest BCUT2D eigenvalue weighted by atomic mass is 9.96. The van der Waals surface area contributed by atoms with Crippen LogP contribution in [0.15, 0.2) is 0 Å². The van der Waals surface area contributed by atoms with Gasteiger partial charge in [0, 0.05) is 6.42 Å². The van der Waals surface area contributed by atoms with Gasteiger partial charge in [-0.05, 0) is 82.6 Å². The first-order valence-corrected chi connectivity index (χ1v) is 23.8. The molecule has 11 atom stereocenters. The van der Waals surface area contributed by atoms with Gasteiger partial charge in [0.2, 0.25) is 53.2 Å². The molecule has 9 amide bonds. The molecule has 0 aromatic heterocycles. The molecule has 25 nitrogen and oxygen atoms in total. The fourth-order valence-electron chi connectivity index (χ4n) is 6.89. The molecule has 0 bridgehead atoms. The number of hydrogen-bond donors (Lipinski definition) is 14. The maximum atomic E-state index is 14.0. The van der Waals surface area contributed by atoms with Crippen molar-refractivity contribution in [1.29, 1.82) is 0 Å². The number of unbranched alkanes of at least 4 members (excludes halogenated alkanes) is 1. The van der Waals surface area contributed by atoms with Crippen LogP contribution in [0.4, 0.5) is 0 Å². The first kappa shape index (κ1) is 64.0. The Balaban J connectivity index is 6.55. The lowest BCUT2D eigenvalue weighted by Crippen LogP contribution is -2.62. The molecular formula is C45H81N11O14. The summed E-state index contributed by atoms with van der Waals surface area (Å²) >= 11 is 0. The lowest BCUT2D eigenvalue weighted by molar-refractivity contribution is -0.142. The fraction of sp³-hybridized carbons (Fsp3) is 0.756. The third kappa shape index (κ3) is 24.1. The minimum absolute atomic E-state index is 0.0401. The molecule has 400 valence electrons. The number of rotatable bonds is 34. The Hall–Kier alpha value is -5.95. The van der Waals surface area contributed by atoms with E-state index in [0.29, 0.717) is 12.8 Å². The Bertz CT molecular complexity index is 1800. The minimum Gasteiger partial charge on any atom is -0.481 e. The van der Waals surface area contributed by atoms with E-state index in [9.17, 15) is 68.1 Å². The van der Waals surface area contributed by atoms with Gasteiger partial charge in [0.15, 0.2) is 0 Å². The topological polar surface area (TPSA) is 423 Å². The molecule has 0 saturated carbocycles. The van der Waals surface area contributed by atoms with Crippen molar-refractivity contribution in [3.63, 3.8) is 0 Å². The van der Waals surface area contributed by atoms with E-state index >= 15 is 0 Å². The highest BCUT2D eigenvalue weighted by Gasteiger charge is 2.37. The Morgan fingerprint density at radius 2 is 0.971 bits per heavy atom. The lowest BCUT2D eigenvalue weighted by Gasteiger charge is -2.30. The summed E-state index contributed by atoms with van der Waals surface area (Å²) in [6.07, 6.45) is -2.01. The highest BCUT2D eigenvalue weighted by atomic mass is 16.4. The standard InChI is InChI=1S/C45H81N11O14/c1-11-24(8)35(55-44(68)36(26(10)57)56-38(62)27(47)18-21(2)3)43(67)52-30(20-32(48)58)41(65)50-28(14-12-13-17-46)40(64)54-34(23(6)7)42(66)51-29(15-16-33(59)60)39(63)49-25(9)37(61)53-31(45(69)70)19-22(4)5/h21-31,34-36,57H,11-20,46-47H2,1-10H3,(H2,48,58)(H,49,63)(H,50,65)(H,51,66)(H,52,67)(H,53,61)(H,54,64)(H,55,68)(H,56,62)(H,59,60)(H,69,70)/t24-,25-,26+,27-,28-,29-,30-,31-,34-,35-,36-/m0/s1. The fourth-order valence-corrected chi connectivity index (χ4v) is 6.89. The van der Waals surface area contributed by atoms with Crippen molar-refractivity contribution in [2.24, 2.45) is 40.9 Å². The molecule has 0 radical (unpaired) electrons. The van der Waals surface area contributed by atoms with Gasteiger partial charge < -0.3 is 75.1 Å². The summed E-state index contributed by atoms with van der Waals surface area (Å²) in [7, 11) is 0. The Morgan fingerprint density at radius 1 is 0.514 bits per heavy atom. The Morgan fingerprint density at radius 3 is 1.46 bits per heavy atom. The maximum Gasteiger partial charge on any atom is 0.326 e. The first-order chi connectivity index (χ1) is 32.5. The van der Waals surface area contributed by atoms with Crippen molar-refractivity contribution in [1.82, 2.24) is 42.5 Å². The molecule has 0 saturated heterocycles. The molecule has 25 heteroatoms. The highest BCUT2D eigenvalue weighted by molar-refractivity contribution is 5.99. The quantitative estimate of drug-likeness (QED) is 0.0293. The van der Waals surface area contributed by atoms with E-state index in [1.54, 1.807) is 41.5 Å². The zero-order chi connectivity index (χ0) is 54.2. The Labute approximate surface area is 409 Å². The van der Waals surface area contributed by atoms with Crippen LogP contribution in [0.1, 0.15) is 127 Å². The molecule has 0 aliphatic heterocycles. The number of carboxylic acids is 2. The van der Waals surface area contributed by atoms with Gasteiger partial charge in [-0.3, -0.25) is 47.9 Å². The number of aliphatic carboxylic acids is 2. The number of nitrogens with two attached hydrogens (primary N) is 3. The number of carboxylic acid groups (broad SMARTS) is 2. The smallest absolute Gasteiger partial charge is 0.326 e. The molecule has 0 rings (SSSR count). The van der Waals surface area contributed by atoms with Gasteiger partial charge in [0.25, 0.3) is 0 Å². The average Bonchev–Trinajstić information content (AvgIpc) is 3.25. The van der Waals surface area contributed by atoms with E-state index in [-0.39, 0.29) is 44.1 Å². The van der Waals surface area contributed by atoms with Gasteiger partial charge >= 0.3 is 11.9 Å². The van der Waals surface area contributed by atoms with E-state index in [4.69, 9.17) is 17.2 Å². The van der Waals surface area contributed by atoms with Crippen LogP contribution in [0.5, 0.6) is 0 Å². The molecule has 0 aliphatic rings. The number of amides is 9. The number of carbonyl (C=O) groups excluding carboxylic acids is 9. The molecule has 0 aliphatic carbocycles. The van der Waals surface area contributed by atoms with E-state index < -0.39 is 157 Å². The summed E-state index contributed by atoms with van der Waals surface area (Å²) in [5.41, 5.74) is 17.1. The van der Waals surface area contributed by atoms with E-state index in [1.165, 1.54) is 13.8 Å². The van der Waals surface area contributed by atoms with Crippen LogP contribution < -0.4 is 59.7 Å². The molecular weight excluding hydrogens is 919 g/mol. The molecule has 0 aromatic carbocycles. The number of hydrogen-bond acceptors (Lipinski definition) is 14. The van der Waals surface area contributed by atoms with Crippen molar-refractivity contribution in [2.75, 3.05) is 6.54 Å². The van der Waals surface area contributed by atoms with Crippen LogP contribution in [-0.2, 0) is 52.7 Å². The summed E-state index contributed by atoms with van der Waals surface area (Å²) in [5, 5.41) is 48.9. The molecule has 0 fully saturated rings. The van der Waals surface area contributed by atoms with Crippen molar-refractivity contribution in [3.8, 4) is 0 Å². The first-order valence-electron chi connectivity index (χ1n) is 23.8. The molecule has 17 N–H and O–H groups in total. The van der Waals surface area contributed by atoms with E-state index in [0.717, 1.165) is 0 Å². The molecule has 0 unspecified atom stereocenters. The van der Waals surface area contributed by atoms with Crippen LogP contribution in [-0.4, -0.2) is 147 Å². The Kier molecular flexibility index (Phi) is 29.3. The van der Waals surface area contributed by atoms with Crippen LogP contribution in [0.2, 0.25) is 0 Å². The van der Waals surface area contributed by atoms with Gasteiger partial charge in [0.05, 0.1) is 18.6 Å². The number of nitrogens with one attached hydrogen (secondary N) is 8. The largest absolute Gasteiger partial charge is 0.481 e. The second-order valence-corrected chi connectivity index (χ2v) is 18.9. The van der Waals surface area contributed by atoms with Gasteiger partial charge in [-0.2, -0.15) is 0 Å². The van der Waals surface area contributed by atoms with Crippen LogP contribution in [0.25, 0.3) is 0 Å². The second-order valence-electron chi connectivity index (χ2n) is 18.9. The number of primary amides is 1. The summed E-state index contributed by atoms with van der Waals surface area (Å²) < 4.78 is 0. The van der Waals surface area contributed by atoms with E-state index in [2.05, 4.69) is 42.5 Å². The number of aliphatic hydroxyl groups excluding tert-OH is 1. The summed E-state index contributed by atoms with van der Waals surface area (Å²) in [6.45, 7) is 16.3. The van der Waals surface area contributed by atoms with Gasteiger partial charge in [0.1, 0.15) is 48.3 Å². The van der Waals surface area contributed by atoms with Gasteiger partial charge in [-0.1, -0.05) is 61.8 Å². The zero-order valence-electron chi connectivity index (χ0n) is 42.2. The predicted molar refractivity (Wildman–Crippen MR) is 255 cm³/mol. The number of aliphatic hydroxyl groups is 1. The zero-order valence-corrected chi connectivity index (χ0v) is 42.2. The minimum atomic E-state index is -1.72. The summed E-state index contributed by atoms with van der Waals surface area (Å²) in [6, 6.07) is -12.6. The monoisotopic (exact) mass is 1000 g/mol. The van der Waals surface area contributed by atoms with Crippen LogP contribution >= 0.6 is 0 Å². The predicted octanol–water partition coefficient (Wildman–Crippen LogP) is -2.66. The molecule has 0 aromatic rings. The van der Waals surface area contributed by atoms with Crippen molar-refractivity contribution >= 4 is 65.1 Å².